The second-order valence-corrected chi connectivity index (χ2v) is 8.98. The zero-order chi connectivity index (χ0) is 22.5. The molecule has 0 atom stereocenters. The lowest BCUT2D eigenvalue weighted by Gasteiger charge is -2.31. The van der Waals surface area contributed by atoms with Crippen molar-refractivity contribution < 1.29 is 14.0 Å². The third-order valence-corrected chi connectivity index (χ3v) is 6.26. The average molecular weight is 451 g/mol. The second kappa shape index (κ2) is 9.99. The SMILES string of the molecule is Cc1cc(C)cc(-c2nnc(SCC(=O)N3CCC(C(=O)Nc4ccccc4)CC3)o2)c1. The van der Waals surface area contributed by atoms with Crippen LogP contribution in [0.1, 0.15) is 24.0 Å². The molecule has 32 heavy (non-hydrogen) atoms. The largest absolute Gasteiger partial charge is 0.411 e. The van der Waals surface area contributed by atoms with E-state index < -0.39 is 0 Å². The van der Waals surface area contributed by atoms with Gasteiger partial charge in [-0.15, -0.1) is 10.2 Å². The number of rotatable bonds is 6. The van der Waals surface area contributed by atoms with E-state index in [-0.39, 0.29) is 23.5 Å². The van der Waals surface area contributed by atoms with Crippen LogP contribution in [0.5, 0.6) is 0 Å². The Balaban J connectivity index is 1.25. The van der Waals surface area contributed by atoms with Crippen LogP contribution in [-0.4, -0.2) is 45.8 Å². The Kier molecular flexibility index (Phi) is 6.90. The first-order valence-electron chi connectivity index (χ1n) is 10.7. The Hall–Kier alpha value is -3.13. The molecular weight excluding hydrogens is 424 g/mol. The molecule has 3 aromatic rings. The highest BCUT2D eigenvalue weighted by molar-refractivity contribution is 7.99. The van der Waals surface area contributed by atoms with Gasteiger partial charge in [-0.05, 0) is 51.0 Å². The van der Waals surface area contributed by atoms with E-state index in [9.17, 15) is 9.59 Å². The maximum Gasteiger partial charge on any atom is 0.277 e. The Morgan fingerprint density at radius 2 is 1.75 bits per heavy atom. The first kappa shape index (κ1) is 22.1. The van der Waals surface area contributed by atoms with E-state index in [4.69, 9.17) is 4.42 Å². The first-order valence-corrected chi connectivity index (χ1v) is 11.6. The lowest BCUT2D eigenvalue weighted by molar-refractivity contribution is -0.132. The number of benzene rings is 2. The maximum absolute atomic E-state index is 12.6. The van der Waals surface area contributed by atoms with E-state index in [0.29, 0.717) is 37.0 Å². The summed E-state index contributed by atoms with van der Waals surface area (Å²) in [5.74, 6) is 0.640. The fourth-order valence-corrected chi connectivity index (χ4v) is 4.52. The molecular formula is C24H26N4O3S. The van der Waals surface area contributed by atoms with Crippen molar-refractivity contribution in [2.45, 2.75) is 31.9 Å². The number of hydrogen-bond donors (Lipinski definition) is 1. The summed E-state index contributed by atoms with van der Waals surface area (Å²) >= 11 is 1.24. The molecule has 2 heterocycles. The lowest BCUT2D eigenvalue weighted by atomic mass is 9.96. The van der Waals surface area contributed by atoms with E-state index in [1.54, 1.807) is 4.90 Å². The lowest BCUT2D eigenvalue weighted by Crippen LogP contribution is -2.42. The van der Waals surface area contributed by atoms with Crippen LogP contribution in [0.25, 0.3) is 11.5 Å². The molecule has 1 N–H and O–H groups in total. The molecule has 0 radical (unpaired) electrons. The standard InChI is InChI=1S/C24H26N4O3S/c1-16-12-17(2)14-19(13-16)23-26-27-24(31-23)32-15-21(29)28-10-8-18(9-11-28)22(30)25-20-6-4-3-5-7-20/h3-7,12-14,18H,8-11,15H2,1-2H3,(H,25,30). The minimum Gasteiger partial charge on any atom is -0.411 e. The van der Waals surface area contributed by atoms with Crippen molar-refractivity contribution in [1.82, 2.24) is 15.1 Å². The number of nitrogens with one attached hydrogen (secondary N) is 1. The van der Waals surface area contributed by atoms with Crippen LogP contribution in [0.3, 0.4) is 0 Å². The van der Waals surface area contributed by atoms with Gasteiger partial charge in [0, 0.05) is 30.3 Å². The predicted octanol–water partition coefficient (Wildman–Crippen LogP) is 4.32. The first-order chi connectivity index (χ1) is 15.5. The van der Waals surface area contributed by atoms with E-state index in [1.807, 2.05) is 56.3 Å². The number of piperidine rings is 1. The minimum absolute atomic E-state index is 0.0162. The molecule has 2 aromatic carbocycles. The summed E-state index contributed by atoms with van der Waals surface area (Å²) in [6.45, 7) is 5.19. The summed E-state index contributed by atoms with van der Waals surface area (Å²) < 4.78 is 5.74. The molecule has 0 spiro atoms. The molecule has 0 saturated carbocycles. The van der Waals surface area contributed by atoms with Crippen molar-refractivity contribution in [3.63, 3.8) is 0 Å². The summed E-state index contributed by atoms with van der Waals surface area (Å²) in [5, 5.41) is 11.5. The van der Waals surface area contributed by atoms with Crippen molar-refractivity contribution in [1.29, 1.82) is 0 Å². The summed E-state index contributed by atoms with van der Waals surface area (Å²) in [7, 11) is 0. The highest BCUT2D eigenvalue weighted by Crippen LogP contribution is 2.26. The minimum atomic E-state index is -0.0804. The summed E-state index contributed by atoms with van der Waals surface area (Å²) in [5.41, 5.74) is 3.93. The van der Waals surface area contributed by atoms with Gasteiger partial charge in [-0.2, -0.15) is 0 Å². The van der Waals surface area contributed by atoms with Crippen molar-refractivity contribution in [2.75, 3.05) is 24.2 Å². The quantitative estimate of drug-likeness (QED) is 0.563. The van der Waals surface area contributed by atoms with Crippen molar-refractivity contribution in [2.24, 2.45) is 5.92 Å². The van der Waals surface area contributed by atoms with Crippen molar-refractivity contribution in [3.8, 4) is 11.5 Å². The Labute approximate surface area is 191 Å². The van der Waals surface area contributed by atoms with Crippen LogP contribution in [0.15, 0.2) is 58.2 Å². The van der Waals surface area contributed by atoms with Crippen LogP contribution in [0.2, 0.25) is 0 Å². The molecule has 8 heteroatoms. The van der Waals surface area contributed by atoms with Gasteiger partial charge in [0.1, 0.15) is 0 Å². The average Bonchev–Trinajstić information content (AvgIpc) is 3.27. The fraction of sp³-hybridized carbons (Fsp3) is 0.333. The van der Waals surface area contributed by atoms with Gasteiger partial charge in [-0.3, -0.25) is 9.59 Å². The number of carbonyl (C=O) groups excluding carboxylic acids is 2. The molecule has 0 aliphatic carbocycles. The molecule has 1 fully saturated rings. The molecule has 0 unspecified atom stereocenters. The molecule has 1 aromatic heterocycles. The smallest absolute Gasteiger partial charge is 0.277 e. The molecule has 0 bridgehead atoms. The van der Waals surface area contributed by atoms with Gasteiger partial charge in [0.05, 0.1) is 5.75 Å². The van der Waals surface area contributed by atoms with Crippen LogP contribution in [0.4, 0.5) is 5.69 Å². The summed E-state index contributed by atoms with van der Waals surface area (Å²) in [6, 6.07) is 15.5. The van der Waals surface area contributed by atoms with Crippen molar-refractivity contribution in [3.05, 3.63) is 59.7 Å². The number of amides is 2. The number of anilines is 1. The van der Waals surface area contributed by atoms with Crippen LogP contribution < -0.4 is 5.32 Å². The van der Waals surface area contributed by atoms with E-state index >= 15 is 0 Å². The summed E-state index contributed by atoms with van der Waals surface area (Å²) in [6.07, 6.45) is 1.32. The molecule has 4 rings (SSSR count). The Morgan fingerprint density at radius 3 is 2.44 bits per heavy atom. The highest BCUT2D eigenvalue weighted by atomic mass is 32.2. The molecule has 1 aliphatic heterocycles. The molecule has 1 saturated heterocycles. The van der Waals surface area contributed by atoms with Gasteiger partial charge in [0.2, 0.25) is 17.7 Å². The zero-order valence-electron chi connectivity index (χ0n) is 18.2. The summed E-state index contributed by atoms with van der Waals surface area (Å²) in [4.78, 5) is 26.9. The van der Waals surface area contributed by atoms with Crippen LogP contribution in [0, 0.1) is 19.8 Å². The third-order valence-electron chi connectivity index (χ3n) is 5.45. The van der Waals surface area contributed by atoms with Crippen LogP contribution in [-0.2, 0) is 9.59 Å². The fourth-order valence-electron chi connectivity index (χ4n) is 3.85. The molecule has 7 nitrogen and oxygen atoms in total. The van der Waals surface area contributed by atoms with Gasteiger partial charge >= 0.3 is 0 Å². The Bertz CT molecular complexity index is 1070. The molecule has 166 valence electrons. The van der Waals surface area contributed by atoms with E-state index in [0.717, 1.165) is 22.4 Å². The number of para-hydroxylation sites is 1. The monoisotopic (exact) mass is 450 g/mol. The highest BCUT2D eigenvalue weighted by Gasteiger charge is 2.27. The van der Waals surface area contributed by atoms with Gasteiger partial charge < -0.3 is 14.6 Å². The van der Waals surface area contributed by atoms with E-state index in [1.165, 1.54) is 11.8 Å². The Morgan fingerprint density at radius 1 is 1.06 bits per heavy atom. The normalized spacial score (nSPS) is 14.4. The van der Waals surface area contributed by atoms with Crippen LogP contribution >= 0.6 is 11.8 Å². The topological polar surface area (TPSA) is 88.3 Å². The van der Waals surface area contributed by atoms with Gasteiger partial charge in [0.15, 0.2) is 0 Å². The van der Waals surface area contributed by atoms with Crippen molar-refractivity contribution >= 4 is 29.3 Å². The number of likely N-dealkylation sites (tertiary alicyclic amines) is 1. The van der Waals surface area contributed by atoms with Gasteiger partial charge in [-0.25, -0.2) is 0 Å². The van der Waals surface area contributed by atoms with Gasteiger partial charge in [-0.1, -0.05) is 47.2 Å². The molecule has 2 amide bonds. The predicted molar refractivity (Wildman–Crippen MR) is 124 cm³/mol. The number of nitrogens with zero attached hydrogens (tertiary/aromatic N) is 3. The zero-order valence-corrected chi connectivity index (χ0v) is 19.0. The third kappa shape index (κ3) is 5.56. The number of aromatic nitrogens is 2. The van der Waals surface area contributed by atoms with E-state index in [2.05, 4.69) is 21.6 Å². The number of aryl methyl sites for hydroxylation is 2. The second-order valence-electron chi connectivity index (χ2n) is 8.05. The number of thioether (sulfide) groups is 1. The number of hydrogen-bond acceptors (Lipinski definition) is 6. The van der Waals surface area contributed by atoms with Gasteiger partial charge in [0.25, 0.3) is 5.22 Å². The maximum atomic E-state index is 12.6. The number of carbonyl (C=O) groups is 2. The molecule has 1 aliphatic rings.